The predicted molar refractivity (Wildman–Crippen MR) is 75.0 cm³/mol. The number of benzene rings is 1. The summed E-state index contributed by atoms with van der Waals surface area (Å²) in [6, 6.07) is 8.18. The normalized spacial score (nSPS) is 18.2. The van der Waals surface area contributed by atoms with Crippen LogP contribution in [0.5, 0.6) is 0 Å². The second-order valence-electron chi connectivity index (χ2n) is 5.38. The van der Waals surface area contributed by atoms with Crippen molar-refractivity contribution in [3.05, 3.63) is 53.2 Å². The van der Waals surface area contributed by atoms with Gasteiger partial charge in [-0.15, -0.1) is 0 Å². The molecule has 0 spiro atoms. The van der Waals surface area contributed by atoms with Gasteiger partial charge in [0, 0.05) is 12.6 Å². The van der Waals surface area contributed by atoms with E-state index in [1.54, 1.807) is 23.1 Å². The molecule has 1 atom stereocenters. The molecule has 2 heterocycles. The molecule has 0 bridgehead atoms. The van der Waals surface area contributed by atoms with Crippen LogP contribution in [0.4, 0.5) is 4.39 Å². The maximum Gasteiger partial charge on any atom is 0.227 e. The number of hydrogen-bond acceptors (Lipinski definition) is 3. The zero-order valence-corrected chi connectivity index (χ0v) is 11.9. The van der Waals surface area contributed by atoms with Crippen molar-refractivity contribution in [2.24, 2.45) is 0 Å². The number of nitrogens with zero attached hydrogens (tertiary/aromatic N) is 2. The number of likely N-dealkylation sites (tertiary alicyclic amines) is 1. The van der Waals surface area contributed by atoms with Crippen LogP contribution >= 0.6 is 0 Å². The van der Waals surface area contributed by atoms with Gasteiger partial charge in [0.1, 0.15) is 5.82 Å². The van der Waals surface area contributed by atoms with Crippen molar-refractivity contribution in [1.82, 2.24) is 10.1 Å². The lowest BCUT2D eigenvalue weighted by Gasteiger charge is -2.22. The maximum absolute atomic E-state index is 13.7. The fourth-order valence-electron chi connectivity index (χ4n) is 2.81. The van der Waals surface area contributed by atoms with Crippen molar-refractivity contribution < 1.29 is 13.7 Å². The highest BCUT2D eigenvalue weighted by Crippen LogP contribution is 2.32. The second kappa shape index (κ2) is 5.68. The molecule has 0 saturated carbocycles. The van der Waals surface area contributed by atoms with E-state index >= 15 is 0 Å². The van der Waals surface area contributed by atoms with Gasteiger partial charge in [0.05, 0.1) is 18.2 Å². The van der Waals surface area contributed by atoms with Gasteiger partial charge in [0.15, 0.2) is 5.76 Å². The van der Waals surface area contributed by atoms with Crippen LogP contribution in [-0.4, -0.2) is 22.5 Å². The summed E-state index contributed by atoms with van der Waals surface area (Å²) in [7, 11) is 0. The molecule has 1 aromatic carbocycles. The van der Waals surface area contributed by atoms with Gasteiger partial charge in [0.25, 0.3) is 0 Å². The van der Waals surface area contributed by atoms with Gasteiger partial charge < -0.3 is 9.42 Å². The van der Waals surface area contributed by atoms with Crippen LogP contribution in [0.15, 0.2) is 34.9 Å². The first-order valence-electron chi connectivity index (χ1n) is 7.11. The molecule has 1 aliphatic heterocycles. The second-order valence-corrected chi connectivity index (χ2v) is 5.38. The standard InChI is InChI=1S/C16H17FN2O2/c1-11-9-15(21-18-11)14-7-4-8-19(14)16(20)10-12-5-2-3-6-13(12)17/h2-3,5-6,9,14H,4,7-8,10H2,1H3/t14-/m0/s1. The molecule has 1 aromatic heterocycles. The molecule has 3 rings (SSSR count). The first-order valence-corrected chi connectivity index (χ1v) is 7.11. The van der Waals surface area contributed by atoms with Gasteiger partial charge in [-0.25, -0.2) is 4.39 Å². The summed E-state index contributed by atoms with van der Waals surface area (Å²) in [6.45, 7) is 2.53. The van der Waals surface area contributed by atoms with Crippen LogP contribution in [0.3, 0.4) is 0 Å². The number of rotatable bonds is 3. The Labute approximate surface area is 122 Å². The van der Waals surface area contributed by atoms with Gasteiger partial charge in [-0.3, -0.25) is 4.79 Å². The Morgan fingerprint density at radius 1 is 1.48 bits per heavy atom. The molecule has 110 valence electrons. The van der Waals surface area contributed by atoms with Gasteiger partial charge >= 0.3 is 0 Å². The molecule has 5 heteroatoms. The highest BCUT2D eigenvalue weighted by Gasteiger charge is 2.32. The molecule has 0 aliphatic carbocycles. The van der Waals surface area contributed by atoms with Crippen LogP contribution < -0.4 is 0 Å². The monoisotopic (exact) mass is 288 g/mol. The van der Waals surface area contributed by atoms with Crippen LogP contribution in [0.2, 0.25) is 0 Å². The van der Waals surface area contributed by atoms with E-state index < -0.39 is 0 Å². The van der Waals surface area contributed by atoms with Crippen LogP contribution in [-0.2, 0) is 11.2 Å². The highest BCUT2D eigenvalue weighted by atomic mass is 19.1. The van der Waals surface area contributed by atoms with Crippen molar-refractivity contribution in [3.63, 3.8) is 0 Å². The van der Waals surface area contributed by atoms with Crippen LogP contribution in [0, 0.1) is 12.7 Å². The summed E-state index contributed by atoms with van der Waals surface area (Å²) in [5.74, 6) is 0.306. The molecule has 1 fully saturated rings. The lowest BCUT2D eigenvalue weighted by atomic mass is 10.1. The van der Waals surface area contributed by atoms with E-state index in [4.69, 9.17) is 4.52 Å². The predicted octanol–water partition coefficient (Wildman–Crippen LogP) is 3.03. The number of aromatic nitrogens is 1. The molecular weight excluding hydrogens is 271 g/mol. The van der Waals surface area contributed by atoms with Crippen molar-refractivity contribution >= 4 is 5.91 Å². The van der Waals surface area contributed by atoms with Crippen molar-refractivity contribution in [3.8, 4) is 0 Å². The Balaban J connectivity index is 1.76. The van der Waals surface area contributed by atoms with Crippen molar-refractivity contribution in [2.75, 3.05) is 6.54 Å². The van der Waals surface area contributed by atoms with Gasteiger partial charge in [-0.2, -0.15) is 0 Å². The molecule has 2 aromatic rings. The lowest BCUT2D eigenvalue weighted by molar-refractivity contribution is -0.131. The number of hydrogen-bond donors (Lipinski definition) is 0. The van der Waals surface area contributed by atoms with E-state index in [1.807, 2.05) is 13.0 Å². The van der Waals surface area contributed by atoms with Crippen molar-refractivity contribution in [2.45, 2.75) is 32.2 Å². The van der Waals surface area contributed by atoms with E-state index in [0.717, 1.165) is 18.5 Å². The Morgan fingerprint density at radius 3 is 3.00 bits per heavy atom. The van der Waals surface area contributed by atoms with Gasteiger partial charge in [-0.1, -0.05) is 23.4 Å². The third kappa shape index (κ3) is 2.82. The Kier molecular flexibility index (Phi) is 3.73. The largest absolute Gasteiger partial charge is 0.359 e. The smallest absolute Gasteiger partial charge is 0.227 e. The molecule has 21 heavy (non-hydrogen) atoms. The lowest BCUT2D eigenvalue weighted by Crippen LogP contribution is -2.31. The SMILES string of the molecule is Cc1cc([C@@H]2CCCN2C(=O)Cc2ccccc2F)on1. The summed E-state index contributed by atoms with van der Waals surface area (Å²) in [6.07, 6.45) is 1.86. The number of amides is 1. The highest BCUT2D eigenvalue weighted by molar-refractivity contribution is 5.79. The summed E-state index contributed by atoms with van der Waals surface area (Å²) < 4.78 is 18.9. The minimum absolute atomic E-state index is 0.0725. The zero-order valence-electron chi connectivity index (χ0n) is 11.9. The molecule has 4 nitrogen and oxygen atoms in total. The molecular formula is C16H17FN2O2. The molecule has 0 N–H and O–H groups in total. The zero-order chi connectivity index (χ0) is 14.8. The van der Waals surface area contributed by atoms with E-state index in [-0.39, 0.29) is 24.2 Å². The van der Waals surface area contributed by atoms with Gasteiger partial charge in [-0.05, 0) is 31.4 Å². The first-order chi connectivity index (χ1) is 10.1. The number of carbonyl (C=O) groups excluding carboxylic acids is 1. The van der Waals surface area contributed by atoms with Crippen LogP contribution in [0.25, 0.3) is 0 Å². The summed E-state index contributed by atoms with van der Waals surface area (Å²) >= 11 is 0. The average molecular weight is 288 g/mol. The van der Waals surface area contributed by atoms with Gasteiger partial charge in [0.2, 0.25) is 5.91 Å². The third-order valence-electron chi connectivity index (χ3n) is 3.85. The topological polar surface area (TPSA) is 46.3 Å². The summed E-state index contributed by atoms with van der Waals surface area (Å²) in [5, 5.41) is 3.88. The average Bonchev–Trinajstić information content (AvgIpc) is 3.09. The number of halogens is 1. The number of aryl methyl sites for hydroxylation is 1. The Morgan fingerprint density at radius 2 is 2.29 bits per heavy atom. The molecule has 1 saturated heterocycles. The summed E-state index contributed by atoms with van der Waals surface area (Å²) in [5.41, 5.74) is 1.24. The van der Waals surface area contributed by atoms with E-state index in [2.05, 4.69) is 5.16 Å². The molecule has 0 radical (unpaired) electrons. The minimum Gasteiger partial charge on any atom is -0.359 e. The third-order valence-corrected chi connectivity index (χ3v) is 3.85. The fourth-order valence-corrected chi connectivity index (χ4v) is 2.81. The number of carbonyl (C=O) groups is 1. The molecule has 0 unspecified atom stereocenters. The van der Waals surface area contributed by atoms with E-state index in [1.165, 1.54) is 6.07 Å². The van der Waals surface area contributed by atoms with E-state index in [9.17, 15) is 9.18 Å². The van der Waals surface area contributed by atoms with Crippen LogP contribution in [0.1, 0.15) is 35.9 Å². The molecule has 1 amide bonds. The Hall–Kier alpha value is -2.17. The van der Waals surface area contributed by atoms with E-state index in [0.29, 0.717) is 17.9 Å². The molecule has 1 aliphatic rings. The Bertz CT molecular complexity index is 653. The fraction of sp³-hybridized carbons (Fsp3) is 0.375. The van der Waals surface area contributed by atoms with Crippen molar-refractivity contribution in [1.29, 1.82) is 0 Å². The first kappa shape index (κ1) is 13.8. The maximum atomic E-state index is 13.7. The minimum atomic E-state index is -0.336. The summed E-state index contributed by atoms with van der Waals surface area (Å²) in [4.78, 5) is 14.2. The quantitative estimate of drug-likeness (QED) is 0.872.